The van der Waals surface area contributed by atoms with E-state index in [-0.39, 0.29) is 0 Å². The summed E-state index contributed by atoms with van der Waals surface area (Å²) in [6.07, 6.45) is 0. The quantitative estimate of drug-likeness (QED) is 0.433. The molecule has 0 aliphatic heterocycles. The number of benzene rings is 4. The van der Waals surface area contributed by atoms with E-state index in [4.69, 9.17) is 9.47 Å². The van der Waals surface area contributed by atoms with E-state index in [0.717, 1.165) is 21.9 Å². The molecule has 4 aromatic carbocycles. The molecule has 0 saturated carbocycles. The molecule has 0 saturated heterocycles. The van der Waals surface area contributed by atoms with Crippen molar-refractivity contribution in [3.63, 3.8) is 0 Å². The van der Waals surface area contributed by atoms with E-state index in [1.165, 1.54) is 0 Å². The molecule has 4 heteroatoms. The zero-order valence-electron chi connectivity index (χ0n) is 16.6. The molecule has 0 aliphatic rings. The maximum Gasteiger partial charge on any atom is 0.126 e. The molecule has 0 radical (unpaired) electrons. The molecule has 0 heterocycles. The van der Waals surface area contributed by atoms with Crippen LogP contribution in [-0.2, 0) is 0 Å². The van der Waals surface area contributed by atoms with Crippen molar-refractivity contribution in [1.82, 2.24) is 0 Å². The van der Waals surface area contributed by atoms with Crippen molar-refractivity contribution >= 4 is 10.8 Å². The second-order valence-corrected chi connectivity index (χ2v) is 6.67. The zero-order valence-corrected chi connectivity index (χ0v) is 16.6. The van der Waals surface area contributed by atoms with Crippen LogP contribution in [0.5, 0.6) is 11.5 Å². The SMILES string of the molecule is COc1ccccc1-c1c(C#N)c(C#N)c(-c2ccccc2OC)c2ccccc12. The molecule has 4 rings (SSSR count). The summed E-state index contributed by atoms with van der Waals surface area (Å²) in [5.41, 5.74) is 3.58. The van der Waals surface area contributed by atoms with Gasteiger partial charge in [0.2, 0.25) is 0 Å². The Morgan fingerprint density at radius 1 is 0.567 bits per heavy atom. The Balaban J connectivity index is 2.24. The van der Waals surface area contributed by atoms with Gasteiger partial charge in [-0.15, -0.1) is 0 Å². The van der Waals surface area contributed by atoms with Crippen molar-refractivity contribution in [3.8, 4) is 45.9 Å². The molecule has 0 aromatic heterocycles. The monoisotopic (exact) mass is 390 g/mol. The molecule has 30 heavy (non-hydrogen) atoms. The van der Waals surface area contributed by atoms with Gasteiger partial charge in [-0.2, -0.15) is 10.5 Å². The first kappa shape index (κ1) is 19.1. The number of ether oxygens (including phenoxy) is 2. The average Bonchev–Trinajstić information content (AvgIpc) is 2.82. The van der Waals surface area contributed by atoms with Crippen LogP contribution >= 0.6 is 0 Å². The molecule has 4 aromatic rings. The number of hydrogen-bond donors (Lipinski definition) is 0. The molecule has 0 aliphatic carbocycles. The van der Waals surface area contributed by atoms with Gasteiger partial charge in [0.15, 0.2) is 0 Å². The van der Waals surface area contributed by atoms with Gasteiger partial charge in [-0.05, 0) is 22.9 Å². The molecule has 0 fully saturated rings. The van der Waals surface area contributed by atoms with Gasteiger partial charge in [0.25, 0.3) is 0 Å². The minimum absolute atomic E-state index is 0.321. The minimum atomic E-state index is 0.321. The summed E-state index contributed by atoms with van der Waals surface area (Å²) in [4.78, 5) is 0. The number of nitrogens with zero attached hydrogens (tertiary/aromatic N) is 2. The highest BCUT2D eigenvalue weighted by atomic mass is 16.5. The summed E-state index contributed by atoms with van der Waals surface area (Å²) in [5.74, 6) is 1.29. The Hall–Kier alpha value is -4.28. The van der Waals surface area contributed by atoms with Crippen molar-refractivity contribution in [2.45, 2.75) is 0 Å². The number of hydrogen-bond acceptors (Lipinski definition) is 4. The van der Waals surface area contributed by atoms with Gasteiger partial charge >= 0.3 is 0 Å². The number of nitriles is 2. The molecule has 0 atom stereocenters. The predicted octanol–water partition coefficient (Wildman–Crippen LogP) is 5.93. The highest BCUT2D eigenvalue weighted by molar-refractivity contribution is 6.10. The molecule has 144 valence electrons. The minimum Gasteiger partial charge on any atom is -0.496 e. The maximum atomic E-state index is 10.1. The number of para-hydroxylation sites is 2. The van der Waals surface area contributed by atoms with Gasteiger partial charge in [0.05, 0.1) is 25.3 Å². The van der Waals surface area contributed by atoms with E-state index in [2.05, 4.69) is 12.1 Å². The smallest absolute Gasteiger partial charge is 0.126 e. The van der Waals surface area contributed by atoms with E-state index in [1.54, 1.807) is 14.2 Å². The summed E-state index contributed by atoms with van der Waals surface area (Å²) in [6, 6.07) is 27.4. The van der Waals surface area contributed by atoms with Gasteiger partial charge in [-0.3, -0.25) is 0 Å². The Kier molecular flexibility index (Phi) is 5.08. The van der Waals surface area contributed by atoms with Crippen LogP contribution < -0.4 is 9.47 Å². The molecule has 0 unspecified atom stereocenters. The van der Waals surface area contributed by atoms with E-state index in [9.17, 15) is 10.5 Å². The van der Waals surface area contributed by atoms with Crippen molar-refractivity contribution in [2.75, 3.05) is 14.2 Å². The van der Waals surface area contributed by atoms with Crippen LogP contribution in [0.1, 0.15) is 11.1 Å². The van der Waals surface area contributed by atoms with Crippen LogP contribution in [0.25, 0.3) is 33.0 Å². The fourth-order valence-corrected chi connectivity index (χ4v) is 3.92. The second-order valence-electron chi connectivity index (χ2n) is 6.67. The third-order valence-corrected chi connectivity index (χ3v) is 5.19. The molecular formula is C26H18N2O2. The standard InChI is InChI=1S/C26H18N2O2/c1-29-23-13-7-5-11-19(23)25-17-9-3-4-10-18(17)26(22(16-28)21(25)15-27)20-12-6-8-14-24(20)30-2/h3-14H,1-2H3. The predicted molar refractivity (Wildman–Crippen MR) is 117 cm³/mol. The van der Waals surface area contributed by atoms with Crippen molar-refractivity contribution in [2.24, 2.45) is 0 Å². The van der Waals surface area contributed by atoms with E-state index in [1.807, 2.05) is 72.8 Å². The third kappa shape index (κ3) is 2.92. The lowest BCUT2D eigenvalue weighted by Gasteiger charge is -2.19. The Bertz CT molecular complexity index is 1240. The maximum absolute atomic E-state index is 10.1. The second kappa shape index (κ2) is 7.99. The Morgan fingerprint density at radius 2 is 0.933 bits per heavy atom. The van der Waals surface area contributed by atoms with E-state index >= 15 is 0 Å². The normalized spacial score (nSPS) is 10.3. The molecule has 0 amide bonds. The van der Waals surface area contributed by atoms with Gasteiger partial charge in [-0.1, -0.05) is 60.7 Å². The summed E-state index contributed by atoms with van der Waals surface area (Å²) >= 11 is 0. The number of methoxy groups -OCH3 is 2. The Morgan fingerprint density at radius 3 is 1.30 bits per heavy atom. The fourth-order valence-electron chi connectivity index (χ4n) is 3.92. The van der Waals surface area contributed by atoms with Gasteiger partial charge in [-0.25, -0.2) is 0 Å². The molecule has 0 bridgehead atoms. The van der Waals surface area contributed by atoms with Crippen LogP contribution in [0.2, 0.25) is 0 Å². The fraction of sp³-hybridized carbons (Fsp3) is 0.0769. The molecule has 0 N–H and O–H groups in total. The van der Waals surface area contributed by atoms with E-state index < -0.39 is 0 Å². The van der Waals surface area contributed by atoms with Crippen LogP contribution in [0, 0.1) is 22.7 Å². The van der Waals surface area contributed by atoms with Crippen LogP contribution in [-0.4, -0.2) is 14.2 Å². The summed E-state index contributed by atoms with van der Waals surface area (Å²) in [7, 11) is 3.20. The van der Waals surface area contributed by atoms with Crippen LogP contribution in [0.3, 0.4) is 0 Å². The highest BCUT2D eigenvalue weighted by Crippen LogP contribution is 2.45. The first-order valence-corrected chi connectivity index (χ1v) is 9.40. The first-order valence-electron chi connectivity index (χ1n) is 9.40. The van der Waals surface area contributed by atoms with Crippen LogP contribution in [0.4, 0.5) is 0 Å². The van der Waals surface area contributed by atoms with Gasteiger partial charge < -0.3 is 9.47 Å². The lowest BCUT2D eigenvalue weighted by molar-refractivity contribution is 0.416. The zero-order chi connectivity index (χ0) is 21.1. The van der Waals surface area contributed by atoms with Crippen LogP contribution in [0.15, 0.2) is 72.8 Å². The summed E-state index contributed by atoms with van der Waals surface area (Å²) in [6.45, 7) is 0. The molecule has 0 spiro atoms. The van der Waals surface area contributed by atoms with Crippen molar-refractivity contribution < 1.29 is 9.47 Å². The first-order chi connectivity index (χ1) is 14.7. The number of fused-ring (bicyclic) bond motifs is 1. The third-order valence-electron chi connectivity index (χ3n) is 5.19. The summed E-state index contributed by atoms with van der Waals surface area (Å²) < 4.78 is 11.1. The van der Waals surface area contributed by atoms with Crippen molar-refractivity contribution in [3.05, 3.63) is 83.9 Å². The lowest BCUT2D eigenvalue weighted by Crippen LogP contribution is -1.99. The van der Waals surface area contributed by atoms with Gasteiger partial charge in [0.1, 0.15) is 23.6 Å². The summed E-state index contributed by atoms with van der Waals surface area (Å²) in [5, 5.41) is 22.0. The Labute approximate surface area is 175 Å². The lowest BCUT2D eigenvalue weighted by atomic mass is 9.84. The number of rotatable bonds is 4. The van der Waals surface area contributed by atoms with Gasteiger partial charge in [0, 0.05) is 22.3 Å². The topological polar surface area (TPSA) is 66.0 Å². The average molecular weight is 390 g/mol. The highest BCUT2D eigenvalue weighted by Gasteiger charge is 2.24. The van der Waals surface area contributed by atoms with E-state index in [0.29, 0.717) is 33.8 Å². The largest absolute Gasteiger partial charge is 0.496 e. The van der Waals surface area contributed by atoms with Crippen molar-refractivity contribution in [1.29, 1.82) is 10.5 Å². The molecular weight excluding hydrogens is 372 g/mol. The molecule has 4 nitrogen and oxygen atoms in total.